The van der Waals surface area contributed by atoms with Crippen molar-refractivity contribution in [3.05, 3.63) is 89.5 Å². The first-order chi connectivity index (χ1) is 45.7. The topological polar surface area (TPSA) is 78.9 Å². The minimum Gasteiger partial charge on any atom is -0.427 e. The lowest BCUT2D eigenvalue weighted by Crippen LogP contribution is -2.08. The molecule has 0 aliphatic carbocycles. The van der Waals surface area contributed by atoms with E-state index in [1.807, 2.05) is 55.5 Å². The maximum absolute atomic E-state index is 12.4. The van der Waals surface area contributed by atoms with Gasteiger partial charge in [-0.2, -0.15) is 0 Å². The third kappa shape index (κ3) is 58.0. The quantitative estimate of drug-likeness (QED) is 0.0318. The molecule has 0 aliphatic heterocycles. The van der Waals surface area contributed by atoms with E-state index in [9.17, 15) is 14.4 Å². The van der Waals surface area contributed by atoms with E-state index in [-0.39, 0.29) is 17.9 Å². The molecule has 0 fully saturated rings. The number of carbonyl (C=O) groups excluding carboxylic acids is 3. The van der Waals surface area contributed by atoms with Gasteiger partial charge in [0.25, 0.3) is 0 Å². The van der Waals surface area contributed by atoms with Crippen molar-refractivity contribution < 1.29 is 28.6 Å². The molecule has 6 heteroatoms. The third-order valence-electron chi connectivity index (χ3n) is 18.9. The Bertz CT molecular complexity index is 2090. The van der Waals surface area contributed by atoms with Crippen LogP contribution in [0.25, 0.3) is 0 Å². The summed E-state index contributed by atoms with van der Waals surface area (Å²) < 4.78 is 16.4. The summed E-state index contributed by atoms with van der Waals surface area (Å²) in [6.07, 6.45) is 75.3. The molecule has 93 heavy (non-hydrogen) atoms. The van der Waals surface area contributed by atoms with Gasteiger partial charge in [0.05, 0.1) is 0 Å². The molecule has 1 atom stereocenters. The molecule has 0 saturated heterocycles. The number of benzene rings is 3. The van der Waals surface area contributed by atoms with Crippen LogP contribution in [-0.2, 0) is 27.2 Å². The second-order valence-electron chi connectivity index (χ2n) is 27.9. The molecule has 534 valence electrons. The van der Waals surface area contributed by atoms with Gasteiger partial charge >= 0.3 is 17.9 Å². The molecule has 3 rings (SSSR count). The van der Waals surface area contributed by atoms with Gasteiger partial charge in [0.15, 0.2) is 0 Å². The molecule has 0 radical (unpaired) electrons. The van der Waals surface area contributed by atoms with Crippen LogP contribution < -0.4 is 14.2 Å². The van der Waals surface area contributed by atoms with Gasteiger partial charge < -0.3 is 14.2 Å². The minimum atomic E-state index is -0.164. The average Bonchev–Trinajstić information content (AvgIpc) is 2.64. The molecule has 1 unspecified atom stereocenters. The maximum Gasteiger partial charge on any atom is 0.311 e. The first kappa shape index (κ1) is 87.1. The Morgan fingerprint density at radius 1 is 0.290 bits per heavy atom. The second kappa shape index (κ2) is 68.0. The summed E-state index contributed by atoms with van der Waals surface area (Å²) in [5.74, 6) is 2.27. The molecule has 0 spiro atoms. The van der Waals surface area contributed by atoms with Crippen molar-refractivity contribution in [3.63, 3.8) is 0 Å². The summed E-state index contributed by atoms with van der Waals surface area (Å²) in [7, 11) is 0. The van der Waals surface area contributed by atoms with Crippen LogP contribution in [0.5, 0.6) is 17.2 Å². The van der Waals surface area contributed by atoms with Crippen molar-refractivity contribution in [2.24, 2.45) is 0 Å². The standard InChI is InChI=1S/C39H70O2.2C24H40O2/c1-4-6-8-10-12-14-16-17-18-19-21-23-25-27-29-34-39(40)41-38-33-30-32-37(35-38)36(3)31-28-26-24-22-20-15-13-11-9-7-5-2;1-3-5-6-7-8-9-10-11-12-13-14-15-16-20-24(25)26-23-19-17-18-22(4-2)21-23;1-3-5-6-7-8-9-10-11-12-13-14-15-16-18-22-19-17-20-23(21-22)26-24(25)4-2/h30,32-33,35-36H,4-29,31,34H2,1-3H3;17-19,21H,3-16,20H2,1-2H3;17,19-21H,3-16,18H2,1-2H3. The van der Waals surface area contributed by atoms with E-state index in [4.69, 9.17) is 14.2 Å². The molecule has 0 aliphatic rings. The molecule has 0 N–H and O–H groups in total. The highest BCUT2D eigenvalue weighted by Crippen LogP contribution is 2.27. The Morgan fingerprint density at radius 2 is 0.559 bits per heavy atom. The van der Waals surface area contributed by atoms with E-state index in [0.717, 1.165) is 44.3 Å². The van der Waals surface area contributed by atoms with Gasteiger partial charge in [0.1, 0.15) is 17.2 Å². The van der Waals surface area contributed by atoms with Crippen molar-refractivity contribution >= 4 is 17.9 Å². The predicted molar refractivity (Wildman–Crippen MR) is 405 cm³/mol. The highest BCUT2D eigenvalue weighted by atomic mass is 16.5. The molecule has 3 aromatic carbocycles. The van der Waals surface area contributed by atoms with Crippen LogP contribution in [-0.4, -0.2) is 17.9 Å². The van der Waals surface area contributed by atoms with Crippen molar-refractivity contribution in [1.29, 1.82) is 0 Å². The SMILES string of the molecule is CCCCCCCCCCCCCCCC(=O)Oc1cccc(CC)c1.CCCCCCCCCCCCCCCCCC(=O)Oc1cccc(C(C)CCCCCCCCCCCCC)c1.CCCCCCCCCCCCCCCc1cccc(OC(=O)CC)c1. The molecule has 6 nitrogen and oxygen atoms in total. The van der Waals surface area contributed by atoms with Crippen molar-refractivity contribution in [3.8, 4) is 17.2 Å². The van der Waals surface area contributed by atoms with Crippen LogP contribution in [0.15, 0.2) is 72.8 Å². The summed E-state index contributed by atoms with van der Waals surface area (Å²) in [4.78, 5) is 35.6. The fraction of sp³-hybridized carbons (Fsp3) is 0.759. The lowest BCUT2D eigenvalue weighted by molar-refractivity contribution is -0.135. The Hall–Kier alpha value is -3.93. The molecule has 0 heterocycles. The third-order valence-corrected chi connectivity index (χ3v) is 18.9. The average molecular weight is 1290 g/mol. The van der Waals surface area contributed by atoms with E-state index < -0.39 is 0 Å². The Kier molecular flexibility index (Phi) is 63.7. The van der Waals surface area contributed by atoms with Crippen LogP contribution in [0.1, 0.15) is 431 Å². The van der Waals surface area contributed by atoms with Crippen LogP contribution in [0.2, 0.25) is 0 Å². The van der Waals surface area contributed by atoms with E-state index in [0.29, 0.717) is 36.7 Å². The zero-order valence-corrected chi connectivity index (χ0v) is 62.5. The molecule has 0 aromatic heterocycles. The lowest BCUT2D eigenvalue weighted by Gasteiger charge is -2.13. The van der Waals surface area contributed by atoms with Crippen LogP contribution in [0.3, 0.4) is 0 Å². The minimum absolute atomic E-state index is 0.0742. The van der Waals surface area contributed by atoms with Crippen molar-refractivity contribution in [1.82, 2.24) is 0 Å². The zero-order valence-electron chi connectivity index (χ0n) is 62.5. The van der Waals surface area contributed by atoms with E-state index in [1.165, 1.54) is 331 Å². The first-order valence-electron chi connectivity index (χ1n) is 40.6. The van der Waals surface area contributed by atoms with Gasteiger partial charge in [-0.25, -0.2) is 0 Å². The van der Waals surface area contributed by atoms with Gasteiger partial charge in [-0.3, -0.25) is 14.4 Å². The van der Waals surface area contributed by atoms with Crippen LogP contribution in [0.4, 0.5) is 0 Å². The van der Waals surface area contributed by atoms with Crippen molar-refractivity contribution in [2.75, 3.05) is 0 Å². The monoisotopic (exact) mass is 1290 g/mol. The van der Waals surface area contributed by atoms with E-state index in [2.05, 4.69) is 65.8 Å². The highest BCUT2D eigenvalue weighted by Gasteiger charge is 2.11. The number of unbranched alkanes of at least 4 members (excludes halogenated alkanes) is 48. The molecular weight excluding hydrogens is 1140 g/mol. The summed E-state index contributed by atoms with van der Waals surface area (Å²) in [6, 6.07) is 24.1. The highest BCUT2D eigenvalue weighted by molar-refractivity contribution is 5.73. The molecular formula is C87H150O6. The normalized spacial score (nSPS) is 11.4. The number of carbonyl (C=O) groups is 3. The number of hydrogen-bond acceptors (Lipinski definition) is 6. The van der Waals surface area contributed by atoms with Gasteiger partial charge in [0.2, 0.25) is 0 Å². The Balaban J connectivity index is 0.000000728. The number of hydrogen-bond donors (Lipinski definition) is 0. The van der Waals surface area contributed by atoms with Gasteiger partial charge in [0, 0.05) is 19.3 Å². The largest absolute Gasteiger partial charge is 0.427 e. The van der Waals surface area contributed by atoms with Crippen LogP contribution in [0, 0.1) is 0 Å². The number of aryl methyl sites for hydroxylation is 2. The first-order valence-corrected chi connectivity index (χ1v) is 40.6. The fourth-order valence-corrected chi connectivity index (χ4v) is 12.6. The summed E-state index contributed by atoms with van der Waals surface area (Å²) in [5, 5.41) is 0. The van der Waals surface area contributed by atoms with Gasteiger partial charge in [-0.05, 0) is 97.5 Å². The summed E-state index contributed by atoms with van der Waals surface area (Å²) in [5.41, 5.74) is 3.78. The molecule has 0 saturated carbocycles. The van der Waals surface area contributed by atoms with Crippen molar-refractivity contribution in [2.45, 2.75) is 427 Å². The van der Waals surface area contributed by atoms with Crippen LogP contribution >= 0.6 is 0 Å². The number of esters is 3. The number of ether oxygens (including phenoxy) is 3. The predicted octanol–water partition coefficient (Wildman–Crippen LogP) is 28.9. The molecule has 0 bridgehead atoms. The number of rotatable bonds is 62. The van der Waals surface area contributed by atoms with E-state index in [1.54, 1.807) is 0 Å². The molecule has 3 aromatic rings. The Labute approximate surface area is 577 Å². The second-order valence-corrected chi connectivity index (χ2v) is 27.9. The van der Waals surface area contributed by atoms with Gasteiger partial charge in [-0.1, -0.05) is 399 Å². The summed E-state index contributed by atoms with van der Waals surface area (Å²) in [6.45, 7) is 15.4. The van der Waals surface area contributed by atoms with E-state index >= 15 is 0 Å². The molecule has 0 amide bonds. The lowest BCUT2D eigenvalue weighted by atomic mass is 9.94. The van der Waals surface area contributed by atoms with Gasteiger partial charge in [-0.15, -0.1) is 0 Å². The zero-order chi connectivity index (χ0) is 67.4. The fourth-order valence-electron chi connectivity index (χ4n) is 12.6. The Morgan fingerprint density at radius 3 is 0.892 bits per heavy atom. The maximum atomic E-state index is 12.4. The smallest absolute Gasteiger partial charge is 0.311 e. The summed E-state index contributed by atoms with van der Waals surface area (Å²) >= 11 is 0.